The summed E-state index contributed by atoms with van der Waals surface area (Å²) in [5.74, 6) is -0.776. The maximum Gasteiger partial charge on any atom is 0.256 e. The first-order valence-corrected chi connectivity index (χ1v) is 6.76. The van der Waals surface area contributed by atoms with Crippen molar-refractivity contribution in [1.82, 2.24) is 14.8 Å². The maximum absolute atomic E-state index is 14.1. The van der Waals surface area contributed by atoms with Crippen LogP contribution in [0.15, 0.2) is 12.3 Å². The number of nitrogens with one attached hydrogen (secondary N) is 1. The number of hydrogen-bond acceptors (Lipinski definition) is 4. The van der Waals surface area contributed by atoms with Gasteiger partial charge in [-0.05, 0) is 40.1 Å². The van der Waals surface area contributed by atoms with E-state index in [0.717, 1.165) is 13.0 Å². The molecule has 0 aliphatic heterocycles. The smallest absolute Gasteiger partial charge is 0.256 e. The molecule has 1 aromatic heterocycles. The fraction of sp³-hybridized carbons (Fsp3) is 0.571. The molecule has 112 valence electrons. The van der Waals surface area contributed by atoms with Crippen molar-refractivity contribution in [2.75, 3.05) is 46.1 Å². The van der Waals surface area contributed by atoms with Crippen molar-refractivity contribution in [2.45, 2.75) is 13.3 Å². The summed E-state index contributed by atoms with van der Waals surface area (Å²) in [5.41, 5.74) is 0.0586. The Kier molecular flexibility index (Phi) is 6.38. The van der Waals surface area contributed by atoms with Crippen LogP contribution < -0.4 is 5.32 Å². The molecule has 6 heteroatoms. The number of halogens is 1. The number of nitrogens with zero attached hydrogens (tertiary/aromatic N) is 3. The van der Waals surface area contributed by atoms with Gasteiger partial charge >= 0.3 is 0 Å². The van der Waals surface area contributed by atoms with E-state index in [2.05, 4.69) is 15.2 Å². The molecule has 0 aromatic carbocycles. The van der Waals surface area contributed by atoms with Crippen LogP contribution in [0.5, 0.6) is 0 Å². The number of aromatic nitrogens is 1. The van der Waals surface area contributed by atoms with Crippen molar-refractivity contribution < 1.29 is 9.18 Å². The molecule has 1 rings (SSSR count). The highest BCUT2D eigenvalue weighted by Gasteiger charge is 2.18. The lowest BCUT2D eigenvalue weighted by atomic mass is 10.2. The highest BCUT2D eigenvalue weighted by Crippen LogP contribution is 2.16. The van der Waals surface area contributed by atoms with Gasteiger partial charge in [-0.15, -0.1) is 0 Å². The second-order valence-electron chi connectivity index (χ2n) is 4.93. The van der Waals surface area contributed by atoms with Crippen LogP contribution in [-0.2, 0) is 0 Å². The van der Waals surface area contributed by atoms with E-state index in [1.54, 1.807) is 7.05 Å². The van der Waals surface area contributed by atoms with E-state index >= 15 is 0 Å². The average molecular weight is 282 g/mol. The molecule has 0 radical (unpaired) electrons. The lowest BCUT2D eigenvalue weighted by Gasteiger charge is -2.19. The molecule has 1 aromatic rings. The van der Waals surface area contributed by atoms with Crippen LogP contribution in [0, 0.1) is 5.82 Å². The Labute approximate surface area is 119 Å². The Bertz CT molecular complexity index is 451. The summed E-state index contributed by atoms with van der Waals surface area (Å²) in [6, 6.07) is 1.42. The third kappa shape index (κ3) is 4.45. The zero-order valence-electron chi connectivity index (χ0n) is 12.6. The van der Waals surface area contributed by atoms with E-state index in [-0.39, 0.29) is 17.3 Å². The molecule has 0 saturated heterocycles. The van der Waals surface area contributed by atoms with Crippen molar-refractivity contribution in [2.24, 2.45) is 0 Å². The van der Waals surface area contributed by atoms with Gasteiger partial charge in [0.1, 0.15) is 0 Å². The summed E-state index contributed by atoms with van der Waals surface area (Å²) in [7, 11) is 5.64. The van der Waals surface area contributed by atoms with E-state index in [4.69, 9.17) is 0 Å². The van der Waals surface area contributed by atoms with Gasteiger partial charge in [-0.1, -0.05) is 0 Å². The number of amides is 1. The monoisotopic (exact) mass is 282 g/mol. The normalized spacial score (nSPS) is 10.7. The number of hydrogen-bond donors (Lipinski definition) is 1. The molecule has 0 aliphatic carbocycles. The highest BCUT2D eigenvalue weighted by molar-refractivity contribution is 5.95. The van der Waals surface area contributed by atoms with Crippen LogP contribution in [0.3, 0.4) is 0 Å². The quantitative estimate of drug-likeness (QED) is 0.826. The van der Waals surface area contributed by atoms with Gasteiger partial charge in [0.25, 0.3) is 5.91 Å². The number of carbonyl (C=O) groups excluding carboxylic acids is 1. The molecule has 5 nitrogen and oxygen atoms in total. The van der Waals surface area contributed by atoms with Crippen LogP contribution in [0.2, 0.25) is 0 Å². The van der Waals surface area contributed by atoms with Crippen molar-refractivity contribution in [1.29, 1.82) is 0 Å². The van der Waals surface area contributed by atoms with E-state index in [0.29, 0.717) is 13.1 Å². The largest absolute Gasteiger partial charge is 0.368 e. The summed E-state index contributed by atoms with van der Waals surface area (Å²) in [5, 5.41) is 2.80. The molecule has 0 spiro atoms. The van der Waals surface area contributed by atoms with Gasteiger partial charge in [0.2, 0.25) is 0 Å². The van der Waals surface area contributed by atoms with Crippen LogP contribution in [0.4, 0.5) is 10.2 Å². The van der Waals surface area contributed by atoms with Gasteiger partial charge in [-0.3, -0.25) is 4.79 Å². The fourth-order valence-corrected chi connectivity index (χ4v) is 1.83. The van der Waals surface area contributed by atoms with Crippen molar-refractivity contribution in [3.63, 3.8) is 0 Å². The van der Waals surface area contributed by atoms with Crippen molar-refractivity contribution >= 4 is 11.7 Å². The third-order valence-electron chi connectivity index (χ3n) is 2.91. The zero-order valence-corrected chi connectivity index (χ0v) is 12.6. The summed E-state index contributed by atoms with van der Waals surface area (Å²) >= 11 is 0. The Morgan fingerprint density at radius 1 is 1.35 bits per heavy atom. The Morgan fingerprint density at radius 3 is 2.65 bits per heavy atom. The SMILES string of the molecule is CCNc1nccc(C(=O)N(C)CCCN(C)C)c1F. The Balaban J connectivity index is 2.73. The predicted octanol–water partition coefficient (Wildman–Crippen LogP) is 1.68. The van der Waals surface area contributed by atoms with E-state index in [1.165, 1.54) is 17.2 Å². The second-order valence-corrected chi connectivity index (χ2v) is 4.93. The van der Waals surface area contributed by atoms with E-state index in [1.807, 2.05) is 21.0 Å². The molecule has 20 heavy (non-hydrogen) atoms. The predicted molar refractivity (Wildman–Crippen MR) is 78.5 cm³/mol. The van der Waals surface area contributed by atoms with Gasteiger partial charge in [0, 0.05) is 26.3 Å². The lowest BCUT2D eigenvalue weighted by Crippen LogP contribution is -2.30. The highest BCUT2D eigenvalue weighted by atomic mass is 19.1. The summed E-state index contributed by atoms with van der Waals surface area (Å²) in [6.45, 7) is 3.89. The van der Waals surface area contributed by atoms with Gasteiger partial charge in [0.05, 0.1) is 5.56 Å². The van der Waals surface area contributed by atoms with Crippen molar-refractivity contribution in [3.8, 4) is 0 Å². The van der Waals surface area contributed by atoms with Crippen LogP contribution in [0.1, 0.15) is 23.7 Å². The van der Waals surface area contributed by atoms with Crippen molar-refractivity contribution in [3.05, 3.63) is 23.6 Å². The summed E-state index contributed by atoms with van der Waals surface area (Å²) in [4.78, 5) is 19.7. The summed E-state index contributed by atoms with van der Waals surface area (Å²) < 4.78 is 14.1. The minimum atomic E-state index is -0.584. The number of pyridine rings is 1. The molecule has 0 bridgehead atoms. The lowest BCUT2D eigenvalue weighted by molar-refractivity contribution is 0.0786. The Morgan fingerprint density at radius 2 is 2.05 bits per heavy atom. The first kappa shape index (κ1) is 16.4. The molecular formula is C14H23FN4O. The Hall–Kier alpha value is -1.69. The third-order valence-corrected chi connectivity index (χ3v) is 2.91. The molecule has 0 atom stereocenters. The first-order valence-electron chi connectivity index (χ1n) is 6.76. The number of anilines is 1. The maximum atomic E-state index is 14.1. The molecule has 1 amide bonds. The fourth-order valence-electron chi connectivity index (χ4n) is 1.83. The minimum Gasteiger partial charge on any atom is -0.368 e. The van der Waals surface area contributed by atoms with Gasteiger partial charge < -0.3 is 15.1 Å². The molecule has 0 fully saturated rings. The minimum absolute atomic E-state index is 0.0586. The second kappa shape index (κ2) is 7.79. The topological polar surface area (TPSA) is 48.5 Å². The summed E-state index contributed by atoms with van der Waals surface area (Å²) in [6.07, 6.45) is 2.30. The first-order chi connectivity index (χ1) is 9.47. The van der Waals surface area contributed by atoms with Gasteiger partial charge in [0.15, 0.2) is 11.6 Å². The molecule has 1 heterocycles. The molecular weight excluding hydrogens is 259 g/mol. The molecule has 1 N–H and O–H groups in total. The number of rotatable bonds is 7. The zero-order chi connectivity index (χ0) is 15.1. The van der Waals surface area contributed by atoms with E-state index < -0.39 is 5.82 Å². The van der Waals surface area contributed by atoms with Crippen LogP contribution >= 0.6 is 0 Å². The van der Waals surface area contributed by atoms with Crippen LogP contribution in [-0.4, -0.2) is 61.5 Å². The van der Waals surface area contributed by atoms with E-state index in [9.17, 15) is 9.18 Å². The van der Waals surface area contributed by atoms with Gasteiger partial charge in [-0.25, -0.2) is 9.37 Å². The van der Waals surface area contributed by atoms with Crippen LogP contribution in [0.25, 0.3) is 0 Å². The number of carbonyl (C=O) groups is 1. The molecule has 0 unspecified atom stereocenters. The standard InChI is InChI=1S/C14H23FN4O/c1-5-16-13-12(15)11(7-8-17-13)14(20)19(4)10-6-9-18(2)3/h7-8H,5-6,9-10H2,1-4H3,(H,16,17). The molecule has 0 saturated carbocycles. The molecule has 0 aliphatic rings. The average Bonchev–Trinajstić information content (AvgIpc) is 2.40. The van der Waals surface area contributed by atoms with Gasteiger partial charge in [-0.2, -0.15) is 0 Å².